The Balaban J connectivity index is 0.00000141. The maximum Gasteiger partial charge on any atom is 0.394 e. The van der Waals surface area contributed by atoms with Crippen LogP contribution in [0.15, 0.2) is 12.3 Å². The Hall–Kier alpha value is -2.52. The first kappa shape index (κ1) is 25.5. The van der Waals surface area contributed by atoms with E-state index in [1.54, 1.807) is 7.05 Å². The van der Waals surface area contributed by atoms with Crippen molar-refractivity contribution < 1.29 is 36.3 Å². The van der Waals surface area contributed by atoms with Crippen molar-refractivity contribution in [2.45, 2.75) is 46.4 Å². The number of nitrogens with zero attached hydrogens (tertiary/aromatic N) is 3. The van der Waals surface area contributed by atoms with E-state index in [0.29, 0.717) is 17.8 Å². The van der Waals surface area contributed by atoms with Crippen LogP contribution in [-0.2, 0) is 29.5 Å². The van der Waals surface area contributed by atoms with Crippen molar-refractivity contribution in [1.82, 2.24) is 14.8 Å². The Morgan fingerprint density at radius 3 is 2.27 bits per heavy atom. The summed E-state index contributed by atoms with van der Waals surface area (Å²) in [4.78, 5) is 20.3. The largest absolute Gasteiger partial charge is 0.434 e. The molecule has 0 atom stereocenters. The number of halogens is 6. The van der Waals surface area contributed by atoms with Crippen molar-refractivity contribution >= 4 is 17.8 Å². The summed E-state index contributed by atoms with van der Waals surface area (Å²) in [7, 11) is 1.58. The fourth-order valence-electron chi connectivity index (χ4n) is 2.57. The topological polar surface area (TPSA) is 74.1 Å². The normalized spacial score (nSPS) is 11.7. The summed E-state index contributed by atoms with van der Waals surface area (Å²) in [5, 5.41) is 4.46. The molecule has 12 heteroatoms. The zero-order valence-corrected chi connectivity index (χ0v) is 17.2. The zero-order chi connectivity index (χ0) is 23.3. The monoisotopic (exact) mass is 455 g/mol. The number of hydrogen-bond acceptors (Lipinski definition) is 5. The molecule has 0 aliphatic rings. The number of ether oxygens (including phenoxy) is 1. The van der Waals surface area contributed by atoms with Gasteiger partial charge in [-0.1, -0.05) is 32.4 Å². The molecule has 0 unspecified atom stereocenters. The van der Waals surface area contributed by atoms with Gasteiger partial charge in [0.25, 0.3) is 0 Å². The lowest BCUT2D eigenvalue weighted by Gasteiger charge is -2.27. The Bertz CT molecular complexity index is 907. The van der Waals surface area contributed by atoms with Crippen molar-refractivity contribution in [3.8, 4) is 17.0 Å². The van der Waals surface area contributed by atoms with Crippen LogP contribution >= 0.6 is 11.6 Å². The lowest BCUT2D eigenvalue weighted by atomic mass is 9.86. The summed E-state index contributed by atoms with van der Waals surface area (Å²) in [5.41, 5.74) is -1.12. The van der Waals surface area contributed by atoms with Crippen molar-refractivity contribution in [3.63, 3.8) is 0 Å². The van der Waals surface area contributed by atoms with Gasteiger partial charge in [-0.15, -0.1) is 0 Å². The van der Waals surface area contributed by atoms with Crippen LogP contribution < -0.4 is 4.74 Å². The van der Waals surface area contributed by atoms with Crippen LogP contribution in [0.5, 0.6) is 5.75 Å². The first-order valence-corrected chi connectivity index (χ1v) is 8.88. The van der Waals surface area contributed by atoms with Crippen LogP contribution in [0.4, 0.5) is 22.0 Å². The number of aryl methyl sites for hydroxylation is 2. The van der Waals surface area contributed by atoms with Gasteiger partial charge in [-0.05, 0) is 6.42 Å². The Kier molecular flexibility index (Phi) is 8.50. The quantitative estimate of drug-likeness (QED) is 0.582. The van der Waals surface area contributed by atoms with E-state index >= 15 is 0 Å². The standard InChI is InChI=1S/C17H19ClF5N3O.CO2/c1-5-11-13(18)14(26(4)25-11)10-8-24-9(6-12(10)27-15(19)20)7-16(2,3)17(21,22)23;2-1-3/h6,8,15H,5,7H2,1-4H3;. The van der Waals surface area contributed by atoms with Crippen molar-refractivity contribution in [2.24, 2.45) is 12.5 Å². The van der Waals surface area contributed by atoms with E-state index in [-0.39, 0.29) is 28.2 Å². The molecule has 0 bridgehead atoms. The third kappa shape index (κ3) is 5.99. The minimum Gasteiger partial charge on any atom is -0.434 e. The van der Waals surface area contributed by atoms with E-state index < -0.39 is 24.6 Å². The molecule has 0 aliphatic heterocycles. The third-order valence-electron chi connectivity index (χ3n) is 4.17. The van der Waals surface area contributed by atoms with E-state index in [2.05, 4.69) is 14.8 Å². The summed E-state index contributed by atoms with van der Waals surface area (Å²) in [6, 6.07) is 1.09. The maximum absolute atomic E-state index is 13.1. The number of aromatic nitrogens is 3. The SMILES string of the molecule is CCc1nn(C)c(-c2cnc(CC(C)(C)C(F)(F)F)cc2OC(F)F)c1Cl.O=C=O. The molecule has 2 heterocycles. The van der Waals surface area contributed by atoms with Crippen LogP contribution in [-0.4, -0.2) is 33.7 Å². The number of pyridine rings is 1. The molecule has 30 heavy (non-hydrogen) atoms. The molecule has 0 amide bonds. The molecule has 0 N–H and O–H groups in total. The first-order valence-electron chi connectivity index (χ1n) is 8.50. The highest BCUT2D eigenvalue weighted by Crippen LogP contribution is 2.42. The molecular formula is C18H19ClF5N3O3. The van der Waals surface area contributed by atoms with Gasteiger partial charge in [-0.3, -0.25) is 9.67 Å². The van der Waals surface area contributed by atoms with Crippen LogP contribution in [0.1, 0.15) is 32.2 Å². The van der Waals surface area contributed by atoms with E-state index in [0.717, 1.165) is 19.9 Å². The third-order valence-corrected chi connectivity index (χ3v) is 4.57. The smallest absolute Gasteiger partial charge is 0.394 e. The Labute approximate surface area is 174 Å². The van der Waals surface area contributed by atoms with Gasteiger partial charge in [0, 0.05) is 31.4 Å². The molecular weight excluding hydrogens is 437 g/mol. The number of rotatable bonds is 6. The van der Waals surface area contributed by atoms with Gasteiger partial charge >= 0.3 is 18.9 Å². The number of hydrogen-bond donors (Lipinski definition) is 0. The van der Waals surface area contributed by atoms with Crippen LogP contribution in [0.3, 0.4) is 0 Å². The number of carbonyl (C=O) groups excluding carboxylic acids is 2. The Morgan fingerprint density at radius 1 is 1.27 bits per heavy atom. The van der Waals surface area contributed by atoms with Crippen LogP contribution in [0.25, 0.3) is 11.3 Å². The summed E-state index contributed by atoms with van der Waals surface area (Å²) >= 11 is 6.28. The molecule has 0 aromatic carbocycles. The lowest BCUT2D eigenvalue weighted by Crippen LogP contribution is -2.34. The molecule has 2 rings (SSSR count). The molecule has 0 fully saturated rings. The fraction of sp³-hybridized carbons (Fsp3) is 0.500. The molecule has 2 aromatic rings. The summed E-state index contributed by atoms with van der Waals surface area (Å²) < 4.78 is 71.0. The van der Waals surface area contributed by atoms with Crippen LogP contribution in [0, 0.1) is 5.41 Å². The van der Waals surface area contributed by atoms with Crippen molar-refractivity contribution in [3.05, 3.63) is 28.7 Å². The van der Waals surface area contributed by atoms with Gasteiger partial charge in [-0.2, -0.15) is 36.6 Å². The van der Waals surface area contributed by atoms with Crippen LogP contribution in [0.2, 0.25) is 5.02 Å². The second-order valence-electron chi connectivity index (χ2n) is 6.78. The van der Waals surface area contributed by atoms with E-state index in [4.69, 9.17) is 21.2 Å². The summed E-state index contributed by atoms with van der Waals surface area (Å²) in [6.07, 6.45) is -3.01. The molecule has 0 radical (unpaired) electrons. The van der Waals surface area contributed by atoms with Gasteiger partial charge < -0.3 is 4.74 Å². The minimum absolute atomic E-state index is 0.0225. The predicted molar refractivity (Wildman–Crippen MR) is 96.0 cm³/mol. The minimum atomic E-state index is -4.47. The maximum atomic E-state index is 13.1. The predicted octanol–water partition coefficient (Wildman–Crippen LogP) is 4.85. The molecule has 0 aliphatic carbocycles. The van der Waals surface area contributed by atoms with Gasteiger partial charge in [-0.25, -0.2) is 0 Å². The van der Waals surface area contributed by atoms with Gasteiger partial charge in [0.05, 0.1) is 27.4 Å². The number of alkyl halides is 5. The fourth-order valence-corrected chi connectivity index (χ4v) is 2.97. The first-order chi connectivity index (χ1) is 13.8. The van der Waals surface area contributed by atoms with Gasteiger partial charge in [0.2, 0.25) is 0 Å². The molecule has 2 aromatic heterocycles. The van der Waals surface area contributed by atoms with Crippen molar-refractivity contribution in [2.75, 3.05) is 0 Å². The molecule has 0 saturated carbocycles. The molecule has 0 saturated heterocycles. The molecule has 6 nitrogen and oxygen atoms in total. The van der Waals surface area contributed by atoms with E-state index in [1.807, 2.05) is 6.92 Å². The molecule has 0 spiro atoms. The Morgan fingerprint density at radius 2 is 1.83 bits per heavy atom. The molecule has 166 valence electrons. The average Bonchev–Trinajstić information content (AvgIpc) is 2.88. The van der Waals surface area contributed by atoms with Crippen molar-refractivity contribution in [1.29, 1.82) is 0 Å². The van der Waals surface area contributed by atoms with E-state index in [1.165, 1.54) is 10.9 Å². The van der Waals surface area contributed by atoms with Gasteiger partial charge in [0.1, 0.15) is 5.75 Å². The second kappa shape index (κ2) is 9.99. The van der Waals surface area contributed by atoms with Gasteiger partial charge in [0.15, 0.2) is 0 Å². The van der Waals surface area contributed by atoms with E-state index in [9.17, 15) is 22.0 Å². The average molecular weight is 456 g/mol. The zero-order valence-electron chi connectivity index (χ0n) is 16.5. The second-order valence-corrected chi connectivity index (χ2v) is 7.16. The summed E-state index contributed by atoms with van der Waals surface area (Å²) in [6.45, 7) is 0.700. The summed E-state index contributed by atoms with van der Waals surface area (Å²) in [5.74, 6) is -0.305. The lowest BCUT2D eigenvalue weighted by molar-refractivity contribution is -0.211. The highest BCUT2D eigenvalue weighted by Gasteiger charge is 2.47. The highest BCUT2D eigenvalue weighted by atomic mass is 35.5. The highest BCUT2D eigenvalue weighted by molar-refractivity contribution is 6.33.